The molecule has 0 aromatic heterocycles. The minimum atomic E-state index is -0.386. The first-order valence-electron chi connectivity index (χ1n) is 9.09. The third-order valence-electron chi connectivity index (χ3n) is 4.42. The van der Waals surface area contributed by atoms with Crippen LogP contribution in [0.25, 0.3) is 0 Å². The van der Waals surface area contributed by atoms with Crippen LogP contribution in [0.4, 0.5) is 5.69 Å². The van der Waals surface area contributed by atoms with E-state index in [0.717, 1.165) is 11.1 Å². The second-order valence-corrected chi connectivity index (χ2v) is 6.79. The van der Waals surface area contributed by atoms with E-state index in [4.69, 9.17) is 16.3 Å². The highest BCUT2D eigenvalue weighted by atomic mass is 35.5. The summed E-state index contributed by atoms with van der Waals surface area (Å²) >= 11 is 6.26. The van der Waals surface area contributed by atoms with Crippen LogP contribution in [-0.2, 0) is 9.53 Å². The summed E-state index contributed by atoms with van der Waals surface area (Å²) in [6, 6.07) is 23.5. The number of rotatable bonds is 7. The van der Waals surface area contributed by atoms with Gasteiger partial charge in [0.05, 0.1) is 19.7 Å². The van der Waals surface area contributed by atoms with Crippen molar-refractivity contribution in [2.75, 3.05) is 19.0 Å². The number of ether oxygens (including phenoxy) is 1. The predicted octanol–water partition coefficient (Wildman–Crippen LogP) is 4.44. The summed E-state index contributed by atoms with van der Waals surface area (Å²) in [5, 5.41) is 6.68. The second kappa shape index (κ2) is 9.87. The third-order valence-corrected chi connectivity index (χ3v) is 4.65. The van der Waals surface area contributed by atoms with E-state index in [2.05, 4.69) is 10.6 Å². The van der Waals surface area contributed by atoms with Gasteiger partial charge in [-0.3, -0.25) is 14.9 Å². The summed E-state index contributed by atoms with van der Waals surface area (Å²) in [7, 11) is 1.34. The van der Waals surface area contributed by atoms with E-state index >= 15 is 0 Å². The van der Waals surface area contributed by atoms with Gasteiger partial charge >= 0.3 is 5.97 Å². The van der Waals surface area contributed by atoms with Crippen LogP contribution in [0.3, 0.4) is 0 Å². The number of methoxy groups -OCH3 is 1. The summed E-state index contributed by atoms with van der Waals surface area (Å²) in [6.45, 7) is 0.00858. The van der Waals surface area contributed by atoms with Crippen LogP contribution >= 0.6 is 11.6 Å². The first-order valence-corrected chi connectivity index (χ1v) is 9.47. The highest BCUT2D eigenvalue weighted by Crippen LogP contribution is 2.31. The summed E-state index contributed by atoms with van der Waals surface area (Å²) < 4.78 is 4.75. The smallest absolute Gasteiger partial charge is 0.319 e. The molecule has 0 aliphatic carbocycles. The molecule has 6 heteroatoms. The maximum Gasteiger partial charge on any atom is 0.319 e. The normalized spacial score (nSPS) is 11.5. The van der Waals surface area contributed by atoms with Crippen LogP contribution in [0.1, 0.15) is 27.5 Å². The van der Waals surface area contributed by atoms with E-state index in [1.165, 1.54) is 7.11 Å². The Balaban J connectivity index is 1.97. The number of nitrogens with one attached hydrogen (secondary N) is 2. The molecule has 0 fully saturated rings. The minimum Gasteiger partial charge on any atom is -0.468 e. The van der Waals surface area contributed by atoms with Crippen LogP contribution in [0.5, 0.6) is 0 Å². The molecule has 0 aliphatic heterocycles. The maximum atomic E-state index is 12.7. The Labute approximate surface area is 174 Å². The Hall–Kier alpha value is -3.15. The molecule has 3 aromatic carbocycles. The van der Waals surface area contributed by atoms with Crippen molar-refractivity contribution in [3.05, 3.63) is 101 Å². The van der Waals surface area contributed by atoms with Gasteiger partial charge in [-0.15, -0.1) is 0 Å². The average molecular weight is 409 g/mol. The van der Waals surface area contributed by atoms with Crippen molar-refractivity contribution in [2.24, 2.45) is 0 Å². The van der Waals surface area contributed by atoms with E-state index in [1.54, 1.807) is 30.3 Å². The summed E-state index contributed by atoms with van der Waals surface area (Å²) in [5.74, 6) is -0.614. The largest absolute Gasteiger partial charge is 0.468 e. The molecule has 29 heavy (non-hydrogen) atoms. The highest BCUT2D eigenvalue weighted by molar-refractivity contribution is 6.30. The monoisotopic (exact) mass is 408 g/mol. The standard InChI is InChI=1S/C23H21ClN2O3/c1-29-21(27)15-25-22(16-8-4-2-5-9-16)19-14-18(24)12-13-20(19)26-23(28)17-10-6-3-7-11-17/h2-14,22,25H,15H2,1H3,(H,26,28). The summed E-state index contributed by atoms with van der Waals surface area (Å²) in [5.41, 5.74) is 2.83. The highest BCUT2D eigenvalue weighted by Gasteiger charge is 2.20. The molecule has 0 aliphatic rings. The Bertz CT molecular complexity index is 978. The third kappa shape index (κ3) is 5.44. The summed E-state index contributed by atoms with van der Waals surface area (Å²) in [4.78, 5) is 24.4. The fraction of sp³-hybridized carbons (Fsp3) is 0.130. The van der Waals surface area contributed by atoms with Gasteiger partial charge in [0, 0.05) is 16.3 Å². The number of benzene rings is 3. The number of amides is 1. The molecule has 0 saturated heterocycles. The maximum absolute atomic E-state index is 12.7. The van der Waals surface area contributed by atoms with Gasteiger partial charge in [0.2, 0.25) is 0 Å². The van der Waals surface area contributed by atoms with E-state index < -0.39 is 0 Å². The van der Waals surface area contributed by atoms with E-state index in [9.17, 15) is 9.59 Å². The number of carbonyl (C=O) groups excluding carboxylic acids is 2. The van der Waals surface area contributed by atoms with E-state index in [-0.39, 0.29) is 24.5 Å². The van der Waals surface area contributed by atoms with Crippen LogP contribution < -0.4 is 10.6 Å². The Morgan fingerprint density at radius 2 is 1.62 bits per heavy atom. The number of hydrogen-bond donors (Lipinski definition) is 2. The van der Waals surface area contributed by atoms with Gasteiger partial charge < -0.3 is 10.1 Å². The Morgan fingerprint density at radius 1 is 0.966 bits per heavy atom. The number of hydrogen-bond acceptors (Lipinski definition) is 4. The molecule has 5 nitrogen and oxygen atoms in total. The van der Waals surface area contributed by atoms with Crippen molar-refractivity contribution in [3.63, 3.8) is 0 Å². The number of esters is 1. The van der Waals surface area contributed by atoms with Gasteiger partial charge in [0.1, 0.15) is 0 Å². The van der Waals surface area contributed by atoms with E-state index in [1.807, 2.05) is 48.5 Å². The average Bonchev–Trinajstić information content (AvgIpc) is 2.76. The number of halogens is 1. The molecule has 3 rings (SSSR count). The molecule has 2 N–H and O–H groups in total. The topological polar surface area (TPSA) is 67.4 Å². The quantitative estimate of drug-likeness (QED) is 0.567. The predicted molar refractivity (Wildman–Crippen MR) is 114 cm³/mol. The molecule has 1 unspecified atom stereocenters. The zero-order chi connectivity index (χ0) is 20.6. The molecule has 0 bridgehead atoms. The van der Waals surface area contributed by atoms with Crippen LogP contribution in [0.15, 0.2) is 78.9 Å². The molecule has 148 valence electrons. The van der Waals surface area contributed by atoms with Gasteiger partial charge in [-0.25, -0.2) is 0 Å². The lowest BCUT2D eigenvalue weighted by molar-refractivity contribution is -0.139. The van der Waals surface area contributed by atoms with Crippen molar-refractivity contribution in [1.29, 1.82) is 0 Å². The van der Waals surface area contributed by atoms with Gasteiger partial charge in [0.25, 0.3) is 5.91 Å². The molecule has 1 amide bonds. The first-order chi connectivity index (χ1) is 14.1. The lowest BCUT2D eigenvalue weighted by Crippen LogP contribution is -2.30. The molecule has 0 spiro atoms. The van der Waals surface area contributed by atoms with Crippen LogP contribution in [0.2, 0.25) is 5.02 Å². The molecular weight excluding hydrogens is 388 g/mol. The SMILES string of the molecule is COC(=O)CNC(c1ccccc1)c1cc(Cl)ccc1NC(=O)c1ccccc1. The van der Waals surface area contributed by atoms with Crippen LogP contribution in [-0.4, -0.2) is 25.5 Å². The summed E-state index contributed by atoms with van der Waals surface area (Å²) in [6.07, 6.45) is 0. The molecule has 0 heterocycles. The fourth-order valence-electron chi connectivity index (χ4n) is 2.98. The van der Waals surface area contributed by atoms with E-state index in [0.29, 0.717) is 16.3 Å². The van der Waals surface area contributed by atoms with Crippen molar-refractivity contribution < 1.29 is 14.3 Å². The van der Waals surface area contributed by atoms with Gasteiger partial charge in [-0.05, 0) is 41.5 Å². The first kappa shape index (κ1) is 20.6. The van der Waals surface area contributed by atoms with Crippen LogP contribution in [0, 0.1) is 0 Å². The van der Waals surface area contributed by atoms with Crippen molar-refractivity contribution in [2.45, 2.75) is 6.04 Å². The van der Waals surface area contributed by atoms with Crippen molar-refractivity contribution in [1.82, 2.24) is 5.32 Å². The Kier molecular flexibility index (Phi) is 7.00. The van der Waals surface area contributed by atoms with Gasteiger partial charge in [-0.1, -0.05) is 60.1 Å². The molecule has 3 aromatic rings. The lowest BCUT2D eigenvalue weighted by Gasteiger charge is -2.23. The second-order valence-electron chi connectivity index (χ2n) is 6.35. The molecule has 0 radical (unpaired) electrons. The molecular formula is C23H21ClN2O3. The zero-order valence-electron chi connectivity index (χ0n) is 15.9. The number of anilines is 1. The molecule has 1 atom stereocenters. The zero-order valence-corrected chi connectivity index (χ0v) is 16.6. The van der Waals surface area contributed by atoms with Gasteiger partial charge in [-0.2, -0.15) is 0 Å². The van der Waals surface area contributed by atoms with Crippen molar-refractivity contribution in [3.8, 4) is 0 Å². The minimum absolute atomic E-state index is 0.00858. The fourth-order valence-corrected chi connectivity index (χ4v) is 3.16. The number of carbonyl (C=O) groups is 2. The molecule has 0 saturated carbocycles. The van der Waals surface area contributed by atoms with Gasteiger partial charge in [0.15, 0.2) is 0 Å². The lowest BCUT2D eigenvalue weighted by atomic mass is 9.96. The van der Waals surface area contributed by atoms with Crippen molar-refractivity contribution >= 4 is 29.2 Å². The Morgan fingerprint density at radius 3 is 2.28 bits per heavy atom.